The number of unbranched alkanes of at least 4 members (excludes halogenated alkanes) is 1. The molecule has 124 valence electrons. The number of hydrogen-bond donors (Lipinski definition) is 2. The third-order valence-corrected chi connectivity index (χ3v) is 3.28. The molecule has 0 aromatic heterocycles. The summed E-state index contributed by atoms with van der Waals surface area (Å²) in [5, 5.41) is 3.11. The van der Waals surface area contributed by atoms with E-state index < -0.39 is 0 Å². The zero-order valence-electron chi connectivity index (χ0n) is 13.9. The lowest BCUT2D eigenvalue weighted by molar-refractivity contribution is 0.322. The zero-order valence-corrected chi connectivity index (χ0v) is 13.9. The van der Waals surface area contributed by atoms with E-state index in [1.54, 1.807) is 21.3 Å². The molecular weight excluding hydrogens is 282 g/mol. The second-order valence-electron chi connectivity index (χ2n) is 4.79. The van der Waals surface area contributed by atoms with Crippen molar-refractivity contribution in [2.45, 2.75) is 26.2 Å². The van der Waals surface area contributed by atoms with Gasteiger partial charge in [0.05, 0.1) is 21.3 Å². The van der Waals surface area contributed by atoms with Crippen LogP contribution in [-0.4, -0.2) is 40.4 Å². The molecule has 6 heteroatoms. The van der Waals surface area contributed by atoms with E-state index in [1.165, 1.54) is 0 Å². The van der Waals surface area contributed by atoms with Crippen molar-refractivity contribution in [3.05, 3.63) is 17.7 Å². The highest BCUT2D eigenvalue weighted by Gasteiger charge is 2.15. The van der Waals surface area contributed by atoms with Crippen molar-refractivity contribution in [2.75, 3.05) is 34.4 Å². The van der Waals surface area contributed by atoms with E-state index in [1.807, 2.05) is 12.1 Å². The van der Waals surface area contributed by atoms with Crippen LogP contribution in [0.3, 0.4) is 0 Å². The third-order valence-electron chi connectivity index (χ3n) is 3.28. The van der Waals surface area contributed by atoms with E-state index in [9.17, 15) is 0 Å². The molecule has 0 saturated carbocycles. The van der Waals surface area contributed by atoms with Gasteiger partial charge in [0.1, 0.15) is 0 Å². The standard InChI is InChI=1S/C16H27N3O3/c1-5-6-10-18-16(17)19-11-9-12-7-8-13(20-2)15(22-4)14(12)21-3/h7-8H,5-6,9-11H2,1-4H3,(H3,17,18,19). The first-order chi connectivity index (χ1) is 10.7. The Morgan fingerprint density at radius 2 is 1.86 bits per heavy atom. The summed E-state index contributed by atoms with van der Waals surface area (Å²) in [5.41, 5.74) is 6.84. The number of nitrogens with two attached hydrogens (primary N) is 1. The predicted octanol–water partition coefficient (Wildman–Crippen LogP) is 1.96. The molecule has 0 unspecified atom stereocenters. The molecule has 0 heterocycles. The van der Waals surface area contributed by atoms with E-state index in [2.05, 4.69) is 17.2 Å². The van der Waals surface area contributed by atoms with Crippen LogP contribution >= 0.6 is 0 Å². The van der Waals surface area contributed by atoms with Gasteiger partial charge in [0.2, 0.25) is 5.75 Å². The Hall–Kier alpha value is -2.11. The van der Waals surface area contributed by atoms with Crippen molar-refractivity contribution in [3.8, 4) is 17.2 Å². The van der Waals surface area contributed by atoms with Crippen molar-refractivity contribution >= 4 is 5.96 Å². The van der Waals surface area contributed by atoms with E-state index in [-0.39, 0.29) is 0 Å². The Morgan fingerprint density at radius 1 is 1.14 bits per heavy atom. The van der Waals surface area contributed by atoms with Crippen LogP contribution in [-0.2, 0) is 6.42 Å². The Kier molecular flexibility index (Phi) is 7.96. The van der Waals surface area contributed by atoms with Crippen LogP contribution in [0.5, 0.6) is 17.2 Å². The molecule has 0 aliphatic rings. The largest absolute Gasteiger partial charge is 0.493 e. The molecule has 1 aromatic carbocycles. The maximum absolute atomic E-state index is 5.81. The maximum atomic E-state index is 5.81. The molecule has 6 nitrogen and oxygen atoms in total. The molecule has 0 saturated heterocycles. The molecule has 0 fully saturated rings. The van der Waals surface area contributed by atoms with E-state index in [4.69, 9.17) is 19.9 Å². The van der Waals surface area contributed by atoms with E-state index >= 15 is 0 Å². The van der Waals surface area contributed by atoms with E-state index in [0.29, 0.717) is 29.8 Å². The molecule has 0 atom stereocenters. The first kappa shape index (κ1) is 17.9. The first-order valence-corrected chi connectivity index (χ1v) is 7.49. The topological polar surface area (TPSA) is 78.1 Å². The first-order valence-electron chi connectivity index (χ1n) is 7.49. The normalized spacial score (nSPS) is 11.2. The van der Waals surface area contributed by atoms with Crippen LogP contribution in [0.25, 0.3) is 0 Å². The van der Waals surface area contributed by atoms with Crippen molar-refractivity contribution in [3.63, 3.8) is 0 Å². The fraction of sp³-hybridized carbons (Fsp3) is 0.562. The molecule has 0 aliphatic carbocycles. The fourth-order valence-electron chi connectivity index (χ4n) is 2.10. The summed E-state index contributed by atoms with van der Waals surface area (Å²) in [5.74, 6) is 2.42. The minimum Gasteiger partial charge on any atom is -0.493 e. The number of benzene rings is 1. The summed E-state index contributed by atoms with van der Waals surface area (Å²) < 4.78 is 16.1. The summed E-state index contributed by atoms with van der Waals surface area (Å²) in [6.45, 7) is 3.56. The van der Waals surface area contributed by atoms with Crippen LogP contribution in [0, 0.1) is 0 Å². The molecule has 1 rings (SSSR count). The number of nitrogens with zero attached hydrogens (tertiary/aromatic N) is 1. The lowest BCUT2D eigenvalue weighted by atomic mass is 10.1. The fourth-order valence-corrected chi connectivity index (χ4v) is 2.10. The molecule has 0 bridgehead atoms. The van der Waals surface area contributed by atoms with Gasteiger partial charge in [0.15, 0.2) is 17.5 Å². The zero-order chi connectivity index (χ0) is 16.4. The van der Waals surface area contributed by atoms with Crippen molar-refractivity contribution in [1.82, 2.24) is 5.32 Å². The van der Waals surface area contributed by atoms with Crippen molar-refractivity contribution < 1.29 is 14.2 Å². The highest BCUT2D eigenvalue weighted by atomic mass is 16.5. The Morgan fingerprint density at radius 3 is 2.45 bits per heavy atom. The van der Waals surface area contributed by atoms with Gasteiger partial charge < -0.3 is 25.3 Å². The predicted molar refractivity (Wildman–Crippen MR) is 89.2 cm³/mol. The Bertz CT molecular complexity index is 490. The van der Waals surface area contributed by atoms with Gasteiger partial charge in [0, 0.05) is 18.7 Å². The molecule has 1 aromatic rings. The smallest absolute Gasteiger partial charge is 0.203 e. The van der Waals surface area contributed by atoms with Crippen molar-refractivity contribution in [2.24, 2.45) is 10.7 Å². The molecule has 0 amide bonds. The van der Waals surface area contributed by atoms with E-state index in [0.717, 1.165) is 31.4 Å². The average molecular weight is 309 g/mol. The molecule has 22 heavy (non-hydrogen) atoms. The lowest BCUT2D eigenvalue weighted by Crippen LogP contribution is -2.33. The number of rotatable bonds is 9. The quantitative estimate of drug-likeness (QED) is 0.414. The van der Waals surface area contributed by atoms with Gasteiger partial charge in [-0.2, -0.15) is 0 Å². The van der Waals surface area contributed by atoms with Crippen LogP contribution in [0.4, 0.5) is 0 Å². The van der Waals surface area contributed by atoms with Gasteiger partial charge in [0.25, 0.3) is 0 Å². The van der Waals surface area contributed by atoms with Crippen LogP contribution in [0.1, 0.15) is 25.3 Å². The summed E-state index contributed by atoms with van der Waals surface area (Å²) in [4.78, 5) is 4.26. The number of nitrogens with one attached hydrogen (secondary N) is 1. The molecule has 3 N–H and O–H groups in total. The summed E-state index contributed by atoms with van der Waals surface area (Å²) in [7, 11) is 4.82. The SMILES string of the molecule is CCCCN=C(N)NCCc1ccc(OC)c(OC)c1OC. The molecule has 0 radical (unpaired) electrons. The number of hydrogen-bond acceptors (Lipinski definition) is 4. The second kappa shape index (κ2) is 9.76. The van der Waals surface area contributed by atoms with Crippen LogP contribution in [0.2, 0.25) is 0 Å². The van der Waals surface area contributed by atoms with Gasteiger partial charge in [-0.05, 0) is 18.9 Å². The number of ether oxygens (including phenoxy) is 3. The van der Waals surface area contributed by atoms with Crippen molar-refractivity contribution in [1.29, 1.82) is 0 Å². The van der Waals surface area contributed by atoms with Gasteiger partial charge >= 0.3 is 0 Å². The number of methoxy groups -OCH3 is 3. The third kappa shape index (κ3) is 5.02. The Labute approximate surface area is 132 Å². The second-order valence-corrected chi connectivity index (χ2v) is 4.79. The minimum atomic E-state index is 0.480. The lowest BCUT2D eigenvalue weighted by Gasteiger charge is -2.16. The summed E-state index contributed by atoms with van der Waals surface area (Å²) >= 11 is 0. The monoisotopic (exact) mass is 309 g/mol. The molecule has 0 spiro atoms. The van der Waals surface area contributed by atoms with Gasteiger partial charge in [-0.3, -0.25) is 4.99 Å². The van der Waals surface area contributed by atoms with Gasteiger partial charge in [-0.25, -0.2) is 0 Å². The molecule has 0 aliphatic heterocycles. The Balaban J connectivity index is 2.68. The van der Waals surface area contributed by atoms with Crippen LogP contribution in [0.15, 0.2) is 17.1 Å². The highest BCUT2D eigenvalue weighted by Crippen LogP contribution is 2.39. The molecular formula is C16H27N3O3. The maximum Gasteiger partial charge on any atom is 0.203 e. The number of aliphatic imine (C=N–C) groups is 1. The van der Waals surface area contributed by atoms with Gasteiger partial charge in [-0.15, -0.1) is 0 Å². The highest BCUT2D eigenvalue weighted by molar-refractivity contribution is 5.77. The number of guanidine groups is 1. The minimum absolute atomic E-state index is 0.480. The van der Waals surface area contributed by atoms with Gasteiger partial charge in [-0.1, -0.05) is 19.4 Å². The summed E-state index contributed by atoms with van der Waals surface area (Å²) in [6, 6.07) is 3.83. The summed E-state index contributed by atoms with van der Waals surface area (Å²) in [6.07, 6.45) is 2.90. The van der Waals surface area contributed by atoms with Crippen LogP contribution < -0.4 is 25.3 Å². The average Bonchev–Trinajstić information content (AvgIpc) is 2.54.